The van der Waals surface area contributed by atoms with Crippen LogP contribution in [-0.4, -0.2) is 68.7 Å². The van der Waals surface area contributed by atoms with Gasteiger partial charge >= 0.3 is 11.9 Å². The summed E-state index contributed by atoms with van der Waals surface area (Å²) in [6.45, 7) is 11.5. The Bertz CT molecular complexity index is 1140. The van der Waals surface area contributed by atoms with Crippen LogP contribution in [0.25, 0.3) is 11.2 Å². The van der Waals surface area contributed by atoms with Crippen LogP contribution in [0.1, 0.15) is 80.1 Å². The van der Waals surface area contributed by atoms with Crippen LogP contribution in [0, 0.1) is 0 Å². The minimum Gasteiger partial charge on any atom is -0.465 e. The normalized spacial score (nSPS) is 14.9. The van der Waals surface area contributed by atoms with Gasteiger partial charge in [0.25, 0.3) is 0 Å². The molecule has 2 heterocycles. The molecule has 40 heavy (non-hydrogen) atoms. The fraction of sp³-hybridized carbons (Fsp3) is 0.731. The van der Waals surface area contributed by atoms with E-state index in [4.69, 9.17) is 19.9 Å². The van der Waals surface area contributed by atoms with Crippen LogP contribution in [-0.2, 0) is 34.9 Å². The summed E-state index contributed by atoms with van der Waals surface area (Å²) in [5, 5.41) is 5.75. The molecule has 13 nitrogen and oxygen atoms in total. The van der Waals surface area contributed by atoms with Gasteiger partial charge in [-0.2, -0.15) is 0 Å². The molecule has 0 fully saturated rings. The number of ether oxygens (including phenoxy) is 3. The summed E-state index contributed by atoms with van der Waals surface area (Å²) < 4.78 is 32.6. The van der Waals surface area contributed by atoms with E-state index in [9.17, 15) is 14.2 Å². The Morgan fingerprint density at radius 2 is 1.75 bits per heavy atom. The number of aromatic nitrogens is 4. The molecule has 14 heteroatoms. The summed E-state index contributed by atoms with van der Waals surface area (Å²) in [5.74, 6) is -0.809. The highest BCUT2D eigenvalue weighted by atomic mass is 31.2. The first-order valence-electron chi connectivity index (χ1n) is 14.0. The maximum absolute atomic E-state index is 14.1. The maximum atomic E-state index is 14.1. The molecule has 0 aliphatic rings. The molecule has 1 unspecified atom stereocenters. The van der Waals surface area contributed by atoms with E-state index < -0.39 is 37.1 Å². The number of carbonyl (C=O) groups is 2. The highest BCUT2D eigenvalue weighted by Gasteiger charge is 2.39. The number of hydrogen-bond donors (Lipinski definition) is 3. The molecule has 0 bridgehead atoms. The Labute approximate surface area is 236 Å². The van der Waals surface area contributed by atoms with Gasteiger partial charge in [0.15, 0.2) is 11.5 Å². The topological polar surface area (TPSA) is 173 Å². The molecule has 0 aliphatic carbocycles. The van der Waals surface area contributed by atoms with Gasteiger partial charge in [0.2, 0.25) is 7.44 Å². The SMILES string of the molecule is CCCCCCOC(=O)C(C)(C)NP(=O)(CO[C@H](C)Cn1cnc2c(N)ncnc21)N[C@H](C)C(=O)OCCCC. The predicted molar refractivity (Wildman–Crippen MR) is 154 cm³/mol. The number of anilines is 1. The predicted octanol–water partition coefficient (Wildman–Crippen LogP) is 3.78. The zero-order chi connectivity index (χ0) is 29.8. The lowest BCUT2D eigenvalue weighted by atomic mass is 10.1. The van der Waals surface area contributed by atoms with Crippen molar-refractivity contribution in [2.45, 2.75) is 104 Å². The highest BCUT2D eigenvalue weighted by Crippen LogP contribution is 2.40. The first kappa shape index (κ1) is 33.6. The molecule has 0 spiro atoms. The molecular formula is C26H46N7O6P. The summed E-state index contributed by atoms with van der Waals surface area (Å²) >= 11 is 0. The van der Waals surface area contributed by atoms with E-state index in [0.717, 1.165) is 38.5 Å². The molecular weight excluding hydrogens is 537 g/mol. The number of nitrogens with zero attached hydrogens (tertiary/aromatic N) is 4. The Hall–Kier alpha value is -2.60. The number of nitrogens with one attached hydrogen (secondary N) is 2. The summed E-state index contributed by atoms with van der Waals surface area (Å²) in [7, 11) is -3.69. The molecule has 2 aromatic rings. The van der Waals surface area contributed by atoms with Crippen LogP contribution in [0.5, 0.6) is 0 Å². The van der Waals surface area contributed by atoms with Crippen molar-refractivity contribution in [3.63, 3.8) is 0 Å². The number of fused-ring (bicyclic) bond motifs is 1. The third-order valence-electron chi connectivity index (χ3n) is 6.12. The first-order chi connectivity index (χ1) is 18.9. The van der Waals surface area contributed by atoms with Gasteiger partial charge < -0.3 is 24.5 Å². The average molecular weight is 584 g/mol. The number of carbonyl (C=O) groups excluding carboxylic acids is 2. The minimum atomic E-state index is -3.69. The Morgan fingerprint density at radius 1 is 1.05 bits per heavy atom. The molecule has 0 saturated heterocycles. The second-order valence-electron chi connectivity index (χ2n) is 10.5. The number of imidazole rings is 1. The molecule has 0 saturated carbocycles. The van der Waals surface area contributed by atoms with Crippen LogP contribution in [0.2, 0.25) is 0 Å². The van der Waals surface area contributed by atoms with Crippen LogP contribution in [0.3, 0.4) is 0 Å². The van der Waals surface area contributed by atoms with E-state index in [-0.39, 0.29) is 25.4 Å². The second kappa shape index (κ2) is 16.0. The quantitative estimate of drug-likeness (QED) is 0.124. The van der Waals surface area contributed by atoms with Gasteiger partial charge in [0, 0.05) is 0 Å². The monoisotopic (exact) mass is 583 g/mol. The van der Waals surface area contributed by atoms with Crippen molar-refractivity contribution in [3.8, 4) is 0 Å². The van der Waals surface area contributed by atoms with Crippen molar-refractivity contribution in [2.75, 3.05) is 25.3 Å². The molecule has 226 valence electrons. The molecule has 2 rings (SSSR count). The van der Waals surface area contributed by atoms with E-state index in [2.05, 4.69) is 32.1 Å². The van der Waals surface area contributed by atoms with E-state index in [0.29, 0.717) is 17.7 Å². The fourth-order valence-electron chi connectivity index (χ4n) is 3.87. The molecule has 2 aromatic heterocycles. The van der Waals surface area contributed by atoms with Crippen LogP contribution < -0.4 is 15.9 Å². The van der Waals surface area contributed by atoms with Gasteiger partial charge in [-0.15, -0.1) is 0 Å². The molecule has 0 aromatic carbocycles. The Balaban J connectivity index is 2.11. The van der Waals surface area contributed by atoms with Crippen molar-refractivity contribution in [3.05, 3.63) is 12.7 Å². The van der Waals surface area contributed by atoms with Crippen molar-refractivity contribution in [1.29, 1.82) is 0 Å². The number of esters is 2. The number of rotatable bonds is 19. The minimum absolute atomic E-state index is 0.273. The molecule has 4 N–H and O–H groups in total. The van der Waals surface area contributed by atoms with E-state index in [1.165, 1.54) is 6.33 Å². The third kappa shape index (κ3) is 10.4. The molecule has 0 amide bonds. The smallest absolute Gasteiger partial charge is 0.326 e. The van der Waals surface area contributed by atoms with Crippen molar-refractivity contribution in [1.82, 2.24) is 29.7 Å². The van der Waals surface area contributed by atoms with Gasteiger partial charge in [-0.1, -0.05) is 39.5 Å². The third-order valence-corrected chi connectivity index (χ3v) is 8.36. The van der Waals surface area contributed by atoms with Crippen LogP contribution >= 0.6 is 7.44 Å². The van der Waals surface area contributed by atoms with Crippen molar-refractivity contribution >= 4 is 36.4 Å². The average Bonchev–Trinajstić information content (AvgIpc) is 3.30. The Morgan fingerprint density at radius 3 is 2.45 bits per heavy atom. The van der Waals surface area contributed by atoms with Crippen LogP contribution in [0.15, 0.2) is 12.7 Å². The summed E-state index contributed by atoms with van der Waals surface area (Å²) in [4.78, 5) is 37.8. The van der Waals surface area contributed by atoms with E-state index in [1.807, 2.05) is 6.92 Å². The lowest BCUT2D eigenvalue weighted by Crippen LogP contribution is -2.50. The number of unbranched alkanes of at least 4 members (excludes halogenated alkanes) is 4. The van der Waals surface area contributed by atoms with E-state index in [1.54, 1.807) is 38.6 Å². The fourth-order valence-corrected chi connectivity index (χ4v) is 6.27. The Kier molecular flexibility index (Phi) is 13.4. The van der Waals surface area contributed by atoms with Gasteiger partial charge in [0.05, 0.1) is 32.2 Å². The van der Waals surface area contributed by atoms with Gasteiger partial charge in [0.1, 0.15) is 29.8 Å². The maximum Gasteiger partial charge on any atom is 0.326 e. The molecule has 3 atom stereocenters. The van der Waals surface area contributed by atoms with Gasteiger partial charge in [-0.05, 0) is 40.5 Å². The van der Waals surface area contributed by atoms with Crippen LogP contribution in [0.4, 0.5) is 5.82 Å². The molecule has 0 radical (unpaired) electrons. The standard InChI is InChI=1S/C26H46N7O6P/c1-7-9-11-12-14-38-25(35)26(5,6)32-40(36,31-20(4)24(34)37-13-10-8-2)18-39-19(3)15-33-17-30-21-22(27)28-16-29-23(21)33/h16-17,19-20H,7-15,18H2,1-6H3,(H2,27,28,29)(H2,31,32,36)/t19-,20-,40?/m1/s1. The molecule has 0 aliphatic heterocycles. The number of nitrogens with two attached hydrogens (primary N) is 1. The second-order valence-corrected chi connectivity index (χ2v) is 12.7. The summed E-state index contributed by atoms with van der Waals surface area (Å²) in [6.07, 6.45) is 7.66. The summed E-state index contributed by atoms with van der Waals surface area (Å²) in [5.41, 5.74) is 5.58. The number of hydrogen-bond acceptors (Lipinski definition) is 10. The lowest BCUT2D eigenvalue weighted by Gasteiger charge is -2.32. The highest BCUT2D eigenvalue weighted by molar-refractivity contribution is 7.59. The van der Waals surface area contributed by atoms with Gasteiger partial charge in [-0.25, -0.2) is 25.1 Å². The van der Waals surface area contributed by atoms with E-state index >= 15 is 0 Å². The summed E-state index contributed by atoms with van der Waals surface area (Å²) in [6, 6.07) is -0.910. The largest absolute Gasteiger partial charge is 0.465 e. The lowest BCUT2D eigenvalue weighted by molar-refractivity contribution is -0.149. The number of nitrogen functional groups attached to an aromatic ring is 1. The zero-order valence-corrected chi connectivity index (χ0v) is 25.5. The van der Waals surface area contributed by atoms with Crippen molar-refractivity contribution in [2.24, 2.45) is 0 Å². The first-order valence-corrected chi connectivity index (χ1v) is 15.8. The van der Waals surface area contributed by atoms with Gasteiger partial charge in [-0.3, -0.25) is 14.2 Å². The van der Waals surface area contributed by atoms with Crippen molar-refractivity contribution < 1.29 is 28.4 Å². The zero-order valence-electron chi connectivity index (χ0n) is 24.6.